The number of hydrogen-bond acceptors (Lipinski definition) is 5. The van der Waals surface area contributed by atoms with Crippen molar-refractivity contribution in [3.8, 4) is 11.3 Å². The maximum Gasteiger partial charge on any atom is 0.276 e. The summed E-state index contributed by atoms with van der Waals surface area (Å²) in [5, 5.41) is 10.7. The molecule has 9 heteroatoms. The molecule has 1 fully saturated rings. The van der Waals surface area contributed by atoms with Crippen molar-refractivity contribution in [1.82, 2.24) is 25.2 Å². The first-order valence-electron chi connectivity index (χ1n) is 9.79. The molecule has 1 saturated heterocycles. The van der Waals surface area contributed by atoms with Crippen LogP contribution in [0.3, 0.4) is 0 Å². The number of halogens is 1. The fourth-order valence-corrected chi connectivity index (χ4v) is 3.54. The number of benzene rings is 1. The van der Waals surface area contributed by atoms with E-state index in [4.69, 9.17) is 4.52 Å². The second kappa shape index (κ2) is 8.48. The van der Waals surface area contributed by atoms with E-state index in [0.717, 1.165) is 12.8 Å². The van der Waals surface area contributed by atoms with E-state index in [2.05, 4.69) is 15.6 Å². The number of amides is 2. The predicted octanol–water partition coefficient (Wildman–Crippen LogP) is 2.50. The molecule has 0 aliphatic carbocycles. The summed E-state index contributed by atoms with van der Waals surface area (Å²) in [6.45, 7) is 1.68. The Bertz CT molecular complexity index is 1050. The number of piperidine rings is 1. The first-order chi connectivity index (χ1) is 14.5. The van der Waals surface area contributed by atoms with Crippen LogP contribution in [0.4, 0.5) is 4.39 Å². The fraction of sp³-hybridized carbons (Fsp3) is 0.333. The molecule has 3 aromatic rings. The summed E-state index contributed by atoms with van der Waals surface area (Å²) in [4.78, 5) is 26.6. The SMILES string of the molecule is Cn1cc(C(=O)NCC2CCN(C(=O)c3cc(-c4ccccc4F)on3)CC2)cn1. The van der Waals surface area contributed by atoms with E-state index in [0.29, 0.717) is 31.1 Å². The van der Waals surface area contributed by atoms with Crippen molar-refractivity contribution in [3.05, 3.63) is 59.8 Å². The summed E-state index contributed by atoms with van der Waals surface area (Å²) in [6.07, 6.45) is 4.75. The molecule has 3 heterocycles. The second-order valence-electron chi connectivity index (χ2n) is 7.40. The molecule has 0 saturated carbocycles. The Morgan fingerprint density at radius 3 is 2.73 bits per heavy atom. The summed E-state index contributed by atoms with van der Waals surface area (Å²) in [6, 6.07) is 7.67. The zero-order valence-electron chi connectivity index (χ0n) is 16.5. The van der Waals surface area contributed by atoms with Gasteiger partial charge in [-0.1, -0.05) is 17.3 Å². The molecular weight excluding hydrogens is 389 g/mol. The molecule has 0 atom stereocenters. The lowest BCUT2D eigenvalue weighted by atomic mass is 9.96. The van der Waals surface area contributed by atoms with Gasteiger partial charge in [0.1, 0.15) is 5.82 Å². The van der Waals surface area contributed by atoms with Crippen LogP contribution >= 0.6 is 0 Å². The highest BCUT2D eigenvalue weighted by Gasteiger charge is 2.26. The lowest BCUT2D eigenvalue weighted by molar-refractivity contribution is 0.0674. The van der Waals surface area contributed by atoms with Gasteiger partial charge in [0.05, 0.1) is 17.3 Å². The van der Waals surface area contributed by atoms with Crippen LogP contribution in [-0.2, 0) is 7.05 Å². The zero-order valence-corrected chi connectivity index (χ0v) is 16.5. The van der Waals surface area contributed by atoms with Crippen LogP contribution in [0.1, 0.15) is 33.7 Å². The summed E-state index contributed by atoms with van der Waals surface area (Å²) >= 11 is 0. The van der Waals surface area contributed by atoms with E-state index >= 15 is 0 Å². The minimum absolute atomic E-state index is 0.148. The molecule has 1 aliphatic heterocycles. The van der Waals surface area contributed by atoms with Crippen molar-refractivity contribution in [1.29, 1.82) is 0 Å². The quantitative estimate of drug-likeness (QED) is 0.696. The third-order valence-corrected chi connectivity index (χ3v) is 5.29. The summed E-state index contributed by atoms with van der Waals surface area (Å²) < 4.78 is 20.7. The van der Waals surface area contributed by atoms with Crippen molar-refractivity contribution in [2.75, 3.05) is 19.6 Å². The van der Waals surface area contributed by atoms with E-state index in [1.54, 1.807) is 41.0 Å². The number of carbonyl (C=O) groups excluding carboxylic acids is 2. The fourth-order valence-electron chi connectivity index (χ4n) is 3.54. The molecule has 2 aromatic heterocycles. The molecule has 0 spiro atoms. The molecule has 0 radical (unpaired) electrons. The molecule has 30 heavy (non-hydrogen) atoms. The maximum absolute atomic E-state index is 13.9. The molecule has 1 N–H and O–H groups in total. The number of aromatic nitrogens is 3. The van der Waals surface area contributed by atoms with Gasteiger partial charge >= 0.3 is 0 Å². The number of carbonyl (C=O) groups is 2. The van der Waals surface area contributed by atoms with E-state index in [9.17, 15) is 14.0 Å². The van der Waals surface area contributed by atoms with Crippen LogP contribution in [0.15, 0.2) is 47.2 Å². The highest BCUT2D eigenvalue weighted by Crippen LogP contribution is 2.25. The van der Waals surface area contributed by atoms with E-state index in [1.807, 2.05) is 0 Å². The van der Waals surface area contributed by atoms with Crippen LogP contribution in [-0.4, -0.2) is 51.3 Å². The van der Waals surface area contributed by atoms with Gasteiger partial charge in [-0.2, -0.15) is 5.10 Å². The summed E-state index contributed by atoms with van der Waals surface area (Å²) in [5.74, 6) is -0.295. The van der Waals surface area contributed by atoms with E-state index in [1.165, 1.54) is 18.3 Å². The highest BCUT2D eigenvalue weighted by atomic mass is 19.1. The second-order valence-corrected chi connectivity index (χ2v) is 7.40. The molecular formula is C21H22FN5O3. The monoisotopic (exact) mass is 411 g/mol. The van der Waals surface area contributed by atoms with Crippen molar-refractivity contribution in [3.63, 3.8) is 0 Å². The Balaban J connectivity index is 1.29. The van der Waals surface area contributed by atoms with Gasteiger partial charge in [0.15, 0.2) is 11.5 Å². The number of rotatable bonds is 5. The Kier molecular flexibility index (Phi) is 5.60. The Morgan fingerprint density at radius 2 is 2.03 bits per heavy atom. The molecule has 1 aliphatic rings. The van der Waals surface area contributed by atoms with Crippen LogP contribution < -0.4 is 5.32 Å². The average molecular weight is 411 g/mol. The van der Waals surface area contributed by atoms with Gasteiger partial charge in [-0.15, -0.1) is 0 Å². The molecule has 0 bridgehead atoms. The van der Waals surface area contributed by atoms with Gasteiger partial charge in [0.2, 0.25) is 0 Å². The van der Waals surface area contributed by atoms with Gasteiger partial charge in [-0.05, 0) is 30.9 Å². The summed E-state index contributed by atoms with van der Waals surface area (Å²) in [5.41, 5.74) is 0.963. The van der Waals surface area contributed by atoms with Gasteiger partial charge in [0, 0.05) is 38.9 Å². The van der Waals surface area contributed by atoms with Gasteiger partial charge in [-0.3, -0.25) is 14.3 Å². The third kappa shape index (κ3) is 4.24. The largest absolute Gasteiger partial charge is 0.355 e. The highest BCUT2D eigenvalue weighted by molar-refractivity contribution is 5.94. The standard InChI is InChI=1S/C21H22FN5O3/c1-26-13-15(12-24-26)20(28)23-11-14-6-8-27(9-7-14)21(29)18-10-19(30-25-18)16-4-2-3-5-17(16)22/h2-5,10,12-14H,6-9,11H2,1H3,(H,23,28). The number of nitrogens with one attached hydrogen (secondary N) is 1. The van der Waals surface area contributed by atoms with Gasteiger partial charge in [0.25, 0.3) is 11.8 Å². The minimum atomic E-state index is -0.429. The molecule has 0 unspecified atom stereocenters. The molecule has 1 aromatic carbocycles. The Labute approximate surface area is 172 Å². The number of likely N-dealkylation sites (tertiary alicyclic amines) is 1. The normalized spacial score (nSPS) is 14.7. The van der Waals surface area contributed by atoms with Crippen LogP contribution in [0.5, 0.6) is 0 Å². The first-order valence-corrected chi connectivity index (χ1v) is 9.79. The van der Waals surface area contributed by atoms with Gasteiger partial charge in [-0.25, -0.2) is 4.39 Å². The van der Waals surface area contributed by atoms with Crippen LogP contribution in [0, 0.1) is 11.7 Å². The van der Waals surface area contributed by atoms with E-state index in [-0.39, 0.29) is 28.8 Å². The van der Waals surface area contributed by atoms with Crippen LogP contribution in [0.25, 0.3) is 11.3 Å². The summed E-state index contributed by atoms with van der Waals surface area (Å²) in [7, 11) is 1.76. The van der Waals surface area contributed by atoms with Crippen molar-refractivity contribution >= 4 is 11.8 Å². The molecule has 4 rings (SSSR count). The third-order valence-electron chi connectivity index (χ3n) is 5.29. The molecule has 8 nitrogen and oxygen atoms in total. The molecule has 2 amide bonds. The average Bonchev–Trinajstić information content (AvgIpc) is 3.42. The number of aryl methyl sites for hydroxylation is 1. The minimum Gasteiger partial charge on any atom is -0.355 e. The van der Waals surface area contributed by atoms with Gasteiger partial charge < -0.3 is 14.7 Å². The Hall–Kier alpha value is -3.49. The molecule has 156 valence electrons. The van der Waals surface area contributed by atoms with Crippen LogP contribution in [0.2, 0.25) is 0 Å². The number of hydrogen-bond donors (Lipinski definition) is 1. The predicted molar refractivity (Wildman–Crippen MR) is 106 cm³/mol. The zero-order chi connectivity index (χ0) is 21.1. The van der Waals surface area contributed by atoms with Crippen molar-refractivity contribution < 1.29 is 18.5 Å². The first kappa shape index (κ1) is 19.8. The van der Waals surface area contributed by atoms with E-state index < -0.39 is 5.82 Å². The van der Waals surface area contributed by atoms with Crippen molar-refractivity contribution in [2.45, 2.75) is 12.8 Å². The topological polar surface area (TPSA) is 93.3 Å². The Morgan fingerprint density at radius 1 is 1.27 bits per heavy atom. The maximum atomic E-state index is 13.9. The number of nitrogens with zero attached hydrogens (tertiary/aromatic N) is 4. The lowest BCUT2D eigenvalue weighted by Crippen LogP contribution is -2.41. The van der Waals surface area contributed by atoms with Crippen molar-refractivity contribution in [2.24, 2.45) is 13.0 Å². The smallest absolute Gasteiger partial charge is 0.276 e. The lowest BCUT2D eigenvalue weighted by Gasteiger charge is -2.31.